The van der Waals surface area contributed by atoms with Gasteiger partial charge in [0.05, 0.1) is 0 Å². The number of carbonyl (C=O) groups is 1. The largest absolute Gasteiger partial charge is 0.355 e. The van der Waals surface area contributed by atoms with Crippen molar-refractivity contribution >= 4 is 21.8 Å². The van der Waals surface area contributed by atoms with Gasteiger partial charge in [-0.1, -0.05) is 50.5 Å². The quantitative estimate of drug-likeness (QED) is 0.768. The molecule has 0 radical (unpaired) electrons. The number of alkyl halides is 1. The molecule has 3 heteroatoms. The second-order valence-corrected chi connectivity index (χ2v) is 7.06. The first-order chi connectivity index (χ1) is 6.70. The summed E-state index contributed by atoms with van der Waals surface area (Å²) in [5.41, 5.74) is 0.0734. The average molecular weight is 278 g/mol. The van der Waals surface area contributed by atoms with Gasteiger partial charge in [0, 0.05) is 17.8 Å². The molecule has 0 saturated carbocycles. The molecule has 0 aromatic rings. The summed E-state index contributed by atoms with van der Waals surface area (Å²) in [4.78, 5) is 11.9. The number of rotatable bonds is 5. The molecule has 0 aromatic heterocycles. The van der Waals surface area contributed by atoms with Crippen molar-refractivity contribution in [1.29, 1.82) is 0 Å². The monoisotopic (exact) mass is 277 g/mol. The molecule has 15 heavy (non-hydrogen) atoms. The highest BCUT2D eigenvalue weighted by atomic mass is 79.9. The van der Waals surface area contributed by atoms with Gasteiger partial charge in [0.25, 0.3) is 0 Å². The Morgan fingerprint density at radius 1 is 1.33 bits per heavy atom. The Hall–Kier alpha value is -0.0500. The van der Waals surface area contributed by atoms with Gasteiger partial charge in [-0.3, -0.25) is 4.79 Å². The zero-order valence-electron chi connectivity index (χ0n) is 10.6. The number of amides is 1. The third kappa shape index (κ3) is 10.2. The highest BCUT2D eigenvalue weighted by molar-refractivity contribution is 9.09. The van der Waals surface area contributed by atoms with Crippen molar-refractivity contribution in [2.24, 2.45) is 11.3 Å². The fourth-order valence-electron chi connectivity index (χ4n) is 1.36. The van der Waals surface area contributed by atoms with E-state index in [0.29, 0.717) is 17.2 Å². The molecular weight excluding hydrogens is 254 g/mol. The molecule has 1 unspecified atom stereocenters. The van der Waals surface area contributed by atoms with E-state index in [-0.39, 0.29) is 11.3 Å². The standard InChI is InChI=1S/C12H24BrNO/c1-9(2)6-10(13)8-14-11(15)7-12(3,4)5/h9-10H,6-8H2,1-5H3,(H,14,15). The van der Waals surface area contributed by atoms with Crippen LogP contribution in [0.3, 0.4) is 0 Å². The van der Waals surface area contributed by atoms with Crippen LogP contribution in [-0.2, 0) is 4.79 Å². The highest BCUT2D eigenvalue weighted by Gasteiger charge is 2.16. The van der Waals surface area contributed by atoms with Gasteiger partial charge in [-0.2, -0.15) is 0 Å². The van der Waals surface area contributed by atoms with Gasteiger partial charge in [0.2, 0.25) is 5.91 Å². The second-order valence-electron chi connectivity index (χ2n) is 5.77. The third-order valence-corrected chi connectivity index (χ3v) is 2.64. The van der Waals surface area contributed by atoms with Gasteiger partial charge < -0.3 is 5.32 Å². The summed E-state index contributed by atoms with van der Waals surface area (Å²) in [6.45, 7) is 11.3. The van der Waals surface area contributed by atoms with Gasteiger partial charge in [0.15, 0.2) is 0 Å². The van der Waals surface area contributed by atoms with Crippen LogP contribution in [-0.4, -0.2) is 17.3 Å². The van der Waals surface area contributed by atoms with Crippen LogP contribution in [0.2, 0.25) is 0 Å². The van der Waals surface area contributed by atoms with E-state index in [1.807, 2.05) is 0 Å². The predicted octanol–water partition coefficient (Wildman–Crippen LogP) is 3.35. The van der Waals surface area contributed by atoms with Crippen LogP contribution < -0.4 is 5.32 Å². The summed E-state index contributed by atoms with van der Waals surface area (Å²) in [5, 5.41) is 2.96. The van der Waals surface area contributed by atoms with Crippen LogP contribution in [0.4, 0.5) is 0 Å². The van der Waals surface area contributed by atoms with Crippen molar-refractivity contribution in [1.82, 2.24) is 5.32 Å². The summed E-state index contributed by atoms with van der Waals surface area (Å²) in [7, 11) is 0. The van der Waals surface area contributed by atoms with Gasteiger partial charge >= 0.3 is 0 Å². The first-order valence-electron chi connectivity index (χ1n) is 5.61. The second kappa shape index (κ2) is 6.51. The lowest BCUT2D eigenvalue weighted by molar-refractivity contribution is -0.122. The van der Waals surface area contributed by atoms with Gasteiger partial charge in [0.1, 0.15) is 0 Å². The number of nitrogens with one attached hydrogen (secondary N) is 1. The van der Waals surface area contributed by atoms with E-state index in [0.717, 1.165) is 13.0 Å². The lowest BCUT2D eigenvalue weighted by Gasteiger charge is -2.18. The van der Waals surface area contributed by atoms with Crippen molar-refractivity contribution in [3.63, 3.8) is 0 Å². The summed E-state index contributed by atoms with van der Waals surface area (Å²) in [6, 6.07) is 0. The van der Waals surface area contributed by atoms with Crippen LogP contribution >= 0.6 is 15.9 Å². The van der Waals surface area contributed by atoms with Crippen LogP contribution in [0.5, 0.6) is 0 Å². The molecule has 2 nitrogen and oxygen atoms in total. The molecule has 1 atom stereocenters. The number of halogens is 1. The Kier molecular flexibility index (Phi) is 6.49. The fourth-order valence-corrected chi connectivity index (χ4v) is 2.27. The predicted molar refractivity (Wildman–Crippen MR) is 69.3 cm³/mol. The van der Waals surface area contributed by atoms with E-state index in [9.17, 15) is 4.79 Å². The lowest BCUT2D eigenvalue weighted by atomic mass is 9.92. The molecule has 0 aliphatic carbocycles. The maximum absolute atomic E-state index is 11.5. The SMILES string of the molecule is CC(C)CC(Br)CNC(=O)CC(C)(C)C. The summed E-state index contributed by atoms with van der Waals surface area (Å²) in [5.74, 6) is 0.810. The minimum atomic E-state index is 0.0734. The molecule has 0 heterocycles. The topological polar surface area (TPSA) is 29.1 Å². The highest BCUT2D eigenvalue weighted by Crippen LogP contribution is 2.18. The lowest BCUT2D eigenvalue weighted by Crippen LogP contribution is -2.32. The van der Waals surface area contributed by atoms with Crippen LogP contribution in [0.15, 0.2) is 0 Å². The number of carbonyl (C=O) groups excluding carboxylic acids is 1. The fraction of sp³-hybridized carbons (Fsp3) is 0.917. The minimum Gasteiger partial charge on any atom is -0.355 e. The van der Waals surface area contributed by atoms with Crippen LogP contribution in [0.1, 0.15) is 47.5 Å². The smallest absolute Gasteiger partial charge is 0.220 e. The van der Waals surface area contributed by atoms with Crippen LogP contribution in [0.25, 0.3) is 0 Å². The summed E-state index contributed by atoms with van der Waals surface area (Å²) in [6.07, 6.45) is 1.68. The zero-order chi connectivity index (χ0) is 12.1. The zero-order valence-corrected chi connectivity index (χ0v) is 12.1. The van der Waals surface area contributed by atoms with Gasteiger partial charge in [-0.25, -0.2) is 0 Å². The third-order valence-electron chi connectivity index (χ3n) is 1.94. The molecule has 0 fully saturated rings. The molecule has 0 aliphatic heterocycles. The number of hydrogen-bond acceptors (Lipinski definition) is 1. The molecule has 0 aromatic carbocycles. The average Bonchev–Trinajstić information content (AvgIpc) is 1.96. The van der Waals surface area contributed by atoms with Crippen LogP contribution in [0, 0.1) is 11.3 Å². The molecule has 1 N–H and O–H groups in total. The minimum absolute atomic E-state index is 0.0734. The van der Waals surface area contributed by atoms with Gasteiger partial charge in [-0.15, -0.1) is 0 Å². The Balaban J connectivity index is 3.72. The van der Waals surface area contributed by atoms with Crippen molar-refractivity contribution in [2.75, 3.05) is 6.54 Å². The summed E-state index contributed by atoms with van der Waals surface area (Å²) >= 11 is 3.57. The molecule has 0 rings (SSSR count). The molecule has 0 aliphatic rings. The maximum atomic E-state index is 11.5. The van der Waals surface area contributed by atoms with Crippen molar-refractivity contribution in [3.8, 4) is 0 Å². The maximum Gasteiger partial charge on any atom is 0.220 e. The normalized spacial score (nSPS) is 14.1. The summed E-state index contributed by atoms with van der Waals surface area (Å²) < 4.78 is 0. The van der Waals surface area contributed by atoms with E-state index in [4.69, 9.17) is 0 Å². The molecule has 0 bridgehead atoms. The van der Waals surface area contributed by atoms with Crippen molar-refractivity contribution in [2.45, 2.75) is 52.3 Å². The van der Waals surface area contributed by atoms with E-state index in [1.54, 1.807) is 0 Å². The Morgan fingerprint density at radius 2 is 1.87 bits per heavy atom. The number of hydrogen-bond donors (Lipinski definition) is 1. The first-order valence-corrected chi connectivity index (χ1v) is 6.53. The van der Waals surface area contributed by atoms with E-state index in [1.165, 1.54) is 0 Å². The van der Waals surface area contributed by atoms with Crippen molar-refractivity contribution in [3.05, 3.63) is 0 Å². The van der Waals surface area contributed by atoms with E-state index in [2.05, 4.69) is 55.9 Å². The van der Waals surface area contributed by atoms with E-state index >= 15 is 0 Å². The Morgan fingerprint density at radius 3 is 2.27 bits per heavy atom. The molecule has 90 valence electrons. The molecule has 0 spiro atoms. The van der Waals surface area contributed by atoms with E-state index < -0.39 is 0 Å². The molecule has 0 saturated heterocycles. The molecule has 1 amide bonds. The van der Waals surface area contributed by atoms with Crippen molar-refractivity contribution < 1.29 is 4.79 Å². The van der Waals surface area contributed by atoms with Gasteiger partial charge in [-0.05, 0) is 17.8 Å². The molecular formula is C12H24BrNO. The first kappa shape index (κ1) is 14.9. The Bertz CT molecular complexity index is 196. The Labute approximate surface area is 102 Å².